The van der Waals surface area contributed by atoms with E-state index in [2.05, 4.69) is 10.1 Å². The Morgan fingerprint density at radius 1 is 1.43 bits per heavy atom. The van der Waals surface area contributed by atoms with Crippen molar-refractivity contribution in [3.05, 3.63) is 0 Å². The van der Waals surface area contributed by atoms with Crippen LogP contribution in [0.25, 0.3) is 0 Å². The van der Waals surface area contributed by atoms with Crippen molar-refractivity contribution in [2.75, 3.05) is 13.7 Å². The van der Waals surface area contributed by atoms with E-state index in [1.54, 1.807) is 20.8 Å². The molecule has 0 saturated carbocycles. The minimum absolute atomic E-state index is 0.0120. The van der Waals surface area contributed by atoms with Crippen LogP contribution in [0.15, 0.2) is 0 Å². The molecular formula is C9H17NO4. The molecule has 1 amide bonds. The molecule has 0 aromatic carbocycles. The summed E-state index contributed by atoms with van der Waals surface area (Å²) in [6, 6.07) is 0. The summed E-state index contributed by atoms with van der Waals surface area (Å²) >= 11 is 0. The van der Waals surface area contributed by atoms with Crippen molar-refractivity contribution in [1.82, 2.24) is 5.32 Å². The van der Waals surface area contributed by atoms with E-state index >= 15 is 0 Å². The monoisotopic (exact) mass is 203 g/mol. The summed E-state index contributed by atoms with van der Waals surface area (Å²) in [4.78, 5) is 21.9. The van der Waals surface area contributed by atoms with Crippen LogP contribution in [-0.4, -0.2) is 36.7 Å². The maximum atomic E-state index is 11.3. The van der Waals surface area contributed by atoms with E-state index in [1.807, 2.05) is 0 Å². The zero-order valence-corrected chi connectivity index (χ0v) is 8.96. The number of hydrogen-bond acceptors (Lipinski definition) is 3. The summed E-state index contributed by atoms with van der Waals surface area (Å²) in [7, 11) is 1.29. The fourth-order valence-corrected chi connectivity index (χ4v) is 0.722. The fourth-order valence-electron chi connectivity index (χ4n) is 0.722. The van der Waals surface area contributed by atoms with Crippen LogP contribution in [0, 0.1) is 5.41 Å². The lowest BCUT2D eigenvalue weighted by molar-refractivity contribution is -0.148. The average Bonchev–Trinajstić information content (AvgIpc) is 2.02. The van der Waals surface area contributed by atoms with E-state index in [0.29, 0.717) is 0 Å². The molecule has 0 aromatic heterocycles. The molecule has 0 spiro atoms. The maximum absolute atomic E-state index is 11.3. The summed E-state index contributed by atoms with van der Waals surface area (Å²) in [5.74, 6) is -1.28. The zero-order valence-electron chi connectivity index (χ0n) is 8.96. The smallest absolute Gasteiger partial charge is 0.334 e. The lowest BCUT2D eigenvalue weighted by Crippen LogP contribution is -2.42. The number of hydrogen-bond donors (Lipinski definition) is 2. The minimum Gasteiger partial charge on any atom is -0.479 e. The molecule has 5 nitrogen and oxygen atoms in total. The van der Waals surface area contributed by atoms with E-state index in [-0.39, 0.29) is 12.5 Å². The third kappa shape index (κ3) is 4.23. The molecule has 1 atom stereocenters. The Kier molecular flexibility index (Phi) is 4.56. The van der Waals surface area contributed by atoms with Crippen molar-refractivity contribution in [2.24, 2.45) is 5.41 Å². The molecule has 1 unspecified atom stereocenters. The van der Waals surface area contributed by atoms with Gasteiger partial charge in [0.1, 0.15) is 0 Å². The van der Waals surface area contributed by atoms with Gasteiger partial charge in [-0.25, -0.2) is 4.79 Å². The van der Waals surface area contributed by atoms with Crippen LogP contribution < -0.4 is 5.32 Å². The quantitative estimate of drug-likeness (QED) is 0.686. The van der Waals surface area contributed by atoms with Crippen molar-refractivity contribution in [1.29, 1.82) is 0 Å². The van der Waals surface area contributed by atoms with Gasteiger partial charge in [-0.1, -0.05) is 20.8 Å². The molecule has 14 heavy (non-hydrogen) atoms. The Morgan fingerprint density at radius 3 is 2.21 bits per heavy atom. The van der Waals surface area contributed by atoms with E-state index in [0.717, 1.165) is 0 Å². The molecule has 0 bridgehead atoms. The van der Waals surface area contributed by atoms with E-state index in [9.17, 15) is 9.59 Å². The van der Waals surface area contributed by atoms with Gasteiger partial charge in [-0.3, -0.25) is 4.79 Å². The zero-order chi connectivity index (χ0) is 11.4. The summed E-state index contributed by atoms with van der Waals surface area (Å²) in [5, 5.41) is 11.1. The fraction of sp³-hybridized carbons (Fsp3) is 0.778. The van der Waals surface area contributed by atoms with Gasteiger partial charge in [0, 0.05) is 12.5 Å². The van der Waals surface area contributed by atoms with Gasteiger partial charge in [-0.05, 0) is 0 Å². The number of carboxylic acid groups (broad SMARTS) is 1. The Morgan fingerprint density at radius 2 is 1.93 bits per heavy atom. The predicted molar refractivity (Wildman–Crippen MR) is 50.9 cm³/mol. The Labute approximate surface area is 83.4 Å². The third-order valence-corrected chi connectivity index (χ3v) is 1.69. The van der Waals surface area contributed by atoms with E-state index in [4.69, 9.17) is 5.11 Å². The largest absolute Gasteiger partial charge is 0.479 e. The number of amides is 1. The number of methoxy groups -OCH3 is 1. The van der Waals surface area contributed by atoms with Gasteiger partial charge in [0.05, 0.1) is 6.54 Å². The van der Waals surface area contributed by atoms with Crippen molar-refractivity contribution in [3.63, 3.8) is 0 Å². The normalized spacial score (nSPS) is 13.4. The van der Waals surface area contributed by atoms with Crippen molar-refractivity contribution in [2.45, 2.75) is 26.9 Å². The molecule has 82 valence electrons. The number of carbonyl (C=O) groups excluding carboxylic acids is 1. The number of aliphatic carboxylic acids is 1. The molecule has 0 saturated heterocycles. The minimum atomic E-state index is -1.08. The second kappa shape index (κ2) is 4.95. The molecular weight excluding hydrogens is 186 g/mol. The molecule has 0 fully saturated rings. The highest BCUT2D eigenvalue weighted by atomic mass is 16.5. The van der Waals surface area contributed by atoms with E-state index in [1.165, 1.54) is 7.11 Å². The first kappa shape index (κ1) is 12.9. The van der Waals surface area contributed by atoms with Crippen LogP contribution in [0.1, 0.15) is 20.8 Å². The van der Waals surface area contributed by atoms with Crippen LogP contribution in [0.4, 0.5) is 0 Å². The number of rotatable bonds is 4. The Hall–Kier alpha value is -1.10. The molecule has 0 aromatic rings. The average molecular weight is 203 g/mol. The third-order valence-electron chi connectivity index (χ3n) is 1.69. The van der Waals surface area contributed by atoms with Crippen molar-refractivity contribution >= 4 is 11.9 Å². The van der Waals surface area contributed by atoms with Crippen molar-refractivity contribution < 1.29 is 19.4 Å². The predicted octanol–water partition coefficient (Wildman–Crippen LogP) is 0.248. The standard InChI is InChI=1S/C9H17NO4/c1-9(2,3)8(13)10-5-6(14-4)7(11)12/h6H,5H2,1-4H3,(H,10,13)(H,11,12). The van der Waals surface area contributed by atoms with Crippen molar-refractivity contribution in [3.8, 4) is 0 Å². The lowest BCUT2D eigenvalue weighted by Gasteiger charge is -2.19. The Balaban J connectivity index is 4.05. The highest BCUT2D eigenvalue weighted by Crippen LogP contribution is 2.12. The molecule has 0 heterocycles. The number of carboxylic acids is 1. The van der Waals surface area contributed by atoms with Crippen LogP contribution in [-0.2, 0) is 14.3 Å². The first-order valence-electron chi connectivity index (χ1n) is 4.33. The molecule has 2 N–H and O–H groups in total. The second-order valence-corrected chi connectivity index (χ2v) is 4.02. The molecule has 0 aliphatic rings. The number of ether oxygens (including phenoxy) is 1. The van der Waals surface area contributed by atoms with Crippen LogP contribution in [0.3, 0.4) is 0 Å². The SMILES string of the molecule is COC(CNC(=O)C(C)(C)C)C(=O)O. The van der Waals surface area contributed by atoms with Gasteiger partial charge in [0.25, 0.3) is 0 Å². The van der Waals surface area contributed by atoms with Gasteiger partial charge in [0.2, 0.25) is 5.91 Å². The van der Waals surface area contributed by atoms with Crippen LogP contribution >= 0.6 is 0 Å². The van der Waals surface area contributed by atoms with Crippen LogP contribution in [0.2, 0.25) is 0 Å². The number of carbonyl (C=O) groups is 2. The van der Waals surface area contributed by atoms with E-state index < -0.39 is 17.5 Å². The highest BCUT2D eigenvalue weighted by molar-refractivity contribution is 5.82. The molecule has 0 radical (unpaired) electrons. The number of nitrogens with one attached hydrogen (secondary N) is 1. The molecule has 0 aliphatic carbocycles. The summed E-state index contributed by atoms with van der Waals surface area (Å²) in [5.41, 5.74) is -0.517. The Bertz CT molecular complexity index is 219. The summed E-state index contributed by atoms with van der Waals surface area (Å²) in [6.45, 7) is 5.25. The van der Waals surface area contributed by atoms with Crippen LogP contribution in [0.5, 0.6) is 0 Å². The molecule has 0 aliphatic heterocycles. The van der Waals surface area contributed by atoms with Gasteiger partial charge in [-0.15, -0.1) is 0 Å². The first-order valence-corrected chi connectivity index (χ1v) is 4.33. The maximum Gasteiger partial charge on any atom is 0.334 e. The second-order valence-electron chi connectivity index (χ2n) is 4.02. The lowest BCUT2D eigenvalue weighted by atomic mass is 9.96. The van der Waals surface area contributed by atoms with Gasteiger partial charge < -0.3 is 15.2 Å². The van der Waals surface area contributed by atoms with Gasteiger partial charge in [0.15, 0.2) is 6.10 Å². The summed E-state index contributed by atoms with van der Waals surface area (Å²) in [6.07, 6.45) is -0.985. The van der Waals surface area contributed by atoms with Gasteiger partial charge in [-0.2, -0.15) is 0 Å². The van der Waals surface area contributed by atoms with Gasteiger partial charge >= 0.3 is 5.97 Å². The molecule has 5 heteroatoms. The summed E-state index contributed by atoms with van der Waals surface area (Å²) < 4.78 is 4.66. The highest BCUT2D eigenvalue weighted by Gasteiger charge is 2.23. The topological polar surface area (TPSA) is 75.6 Å². The molecule has 0 rings (SSSR count). The first-order chi connectivity index (χ1) is 6.29.